The van der Waals surface area contributed by atoms with Crippen LogP contribution in [0.5, 0.6) is 5.75 Å². The lowest BCUT2D eigenvalue weighted by Gasteiger charge is -2.33. The predicted molar refractivity (Wildman–Crippen MR) is 145 cm³/mol. The monoisotopic (exact) mass is 633 g/mol. The highest BCUT2D eigenvalue weighted by Gasteiger charge is 2.65. The summed E-state index contributed by atoms with van der Waals surface area (Å²) in [4.78, 5) is 43.0. The van der Waals surface area contributed by atoms with Gasteiger partial charge in [0.05, 0.1) is 34.8 Å². The first-order valence-electron chi connectivity index (χ1n) is 13.6. The third-order valence-electron chi connectivity index (χ3n) is 8.14. The van der Waals surface area contributed by atoms with E-state index in [0.717, 1.165) is 28.6 Å². The first-order chi connectivity index (χ1) is 20.8. The van der Waals surface area contributed by atoms with Gasteiger partial charge < -0.3 is 10.5 Å². The number of primary amides is 1. The van der Waals surface area contributed by atoms with Crippen molar-refractivity contribution in [2.45, 2.75) is 56.5 Å². The SMILES string of the molecule is NC(=O)c1c(CC2CC2)nc2c(ncn2C2(C(F)(F)F)CC2)c1-c1ccc2c(c1)OC(F)(F)C(=O)N2Cc1ncc(Cl)cn1. The fourth-order valence-corrected chi connectivity index (χ4v) is 5.69. The molecule has 228 valence electrons. The molecular formula is C28H21ClF5N7O3. The quantitative estimate of drug-likeness (QED) is 0.278. The normalized spacial score (nSPS) is 18.7. The van der Waals surface area contributed by atoms with Crippen LogP contribution in [0.15, 0.2) is 36.9 Å². The van der Waals surface area contributed by atoms with E-state index in [1.165, 1.54) is 30.6 Å². The van der Waals surface area contributed by atoms with Gasteiger partial charge in [-0.1, -0.05) is 17.7 Å². The summed E-state index contributed by atoms with van der Waals surface area (Å²) < 4.78 is 78.0. The van der Waals surface area contributed by atoms with Crippen molar-refractivity contribution in [2.75, 3.05) is 4.90 Å². The number of aromatic nitrogens is 5. The molecule has 4 heterocycles. The zero-order chi connectivity index (χ0) is 31.2. The first-order valence-corrected chi connectivity index (χ1v) is 13.9. The van der Waals surface area contributed by atoms with Crippen molar-refractivity contribution in [3.05, 3.63) is 59.0 Å². The molecule has 2 fully saturated rings. The Morgan fingerprint density at radius 1 is 1.14 bits per heavy atom. The number of nitrogens with zero attached hydrogens (tertiary/aromatic N) is 6. The molecule has 3 aromatic heterocycles. The molecule has 1 aromatic carbocycles. The Morgan fingerprint density at radius 3 is 2.45 bits per heavy atom. The Bertz CT molecular complexity index is 1850. The highest BCUT2D eigenvalue weighted by molar-refractivity contribution is 6.30. The molecule has 0 unspecified atom stereocenters. The molecule has 0 spiro atoms. The standard InChI is InChI=1S/C28H21ClF5N7O3/c29-15-9-36-19(37-10-15)11-40-17-4-3-14(8-18(17)44-27(30,31)25(40)43)20-21(23(35)42)16(7-13-1-2-13)39-24-22(20)38-12-41(24)26(5-6-26)28(32,33)34/h3-4,8-10,12-13H,1-2,5-7,11H2,(H2,35,42). The number of hydrogen-bond acceptors (Lipinski definition) is 7. The molecule has 16 heteroatoms. The van der Waals surface area contributed by atoms with Gasteiger partial charge in [-0.05, 0) is 55.7 Å². The molecular weight excluding hydrogens is 613 g/mol. The average Bonchev–Trinajstić information content (AvgIpc) is 3.89. The number of anilines is 1. The van der Waals surface area contributed by atoms with Crippen LogP contribution in [0.4, 0.5) is 27.6 Å². The van der Waals surface area contributed by atoms with Gasteiger partial charge in [-0.15, -0.1) is 0 Å². The molecule has 2 saturated carbocycles. The van der Waals surface area contributed by atoms with Crippen LogP contribution in [0, 0.1) is 5.92 Å². The number of benzene rings is 1. The van der Waals surface area contributed by atoms with Gasteiger partial charge in [-0.3, -0.25) is 19.1 Å². The number of fused-ring (bicyclic) bond motifs is 2. The van der Waals surface area contributed by atoms with E-state index < -0.39 is 41.9 Å². The maximum atomic E-state index is 14.9. The zero-order valence-corrected chi connectivity index (χ0v) is 23.3. The molecule has 7 rings (SSSR count). The van der Waals surface area contributed by atoms with E-state index in [-0.39, 0.29) is 75.3 Å². The smallest absolute Gasteiger partial charge is 0.423 e. The topological polar surface area (TPSA) is 129 Å². The number of ether oxygens (including phenoxy) is 1. The summed E-state index contributed by atoms with van der Waals surface area (Å²) in [5.41, 5.74) is 3.68. The fraction of sp³-hybridized carbons (Fsp3) is 0.357. The van der Waals surface area contributed by atoms with E-state index in [1.807, 2.05) is 0 Å². The van der Waals surface area contributed by atoms with Crippen LogP contribution in [-0.4, -0.2) is 48.6 Å². The first kappa shape index (κ1) is 28.4. The van der Waals surface area contributed by atoms with E-state index in [0.29, 0.717) is 0 Å². The molecule has 0 atom stereocenters. The van der Waals surface area contributed by atoms with Crippen LogP contribution in [0.1, 0.15) is 47.6 Å². The Kier molecular flexibility index (Phi) is 6.16. The summed E-state index contributed by atoms with van der Waals surface area (Å²) in [6, 6.07) is 3.91. The zero-order valence-electron chi connectivity index (χ0n) is 22.5. The second-order valence-corrected chi connectivity index (χ2v) is 11.6. The van der Waals surface area contributed by atoms with E-state index in [4.69, 9.17) is 22.1 Å². The molecule has 2 amide bonds. The van der Waals surface area contributed by atoms with Gasteiger partial charge >= 0.3 is 18.2 Å². The van der Waals surface area contributed by atoms with Gasteiger partial charge in [-0.2, -0.15) is 22.0 Å². The van der Waals surface area contributed by atoms with Crippen molar-refractivity contribution in [1.82, 2.24) is 24.5 Å². The summed E-state index contributed by atoms with van der Waals surface area (Å²) in [7, 11) is 0. The molecule has 1 aliphatic heterocycles. The van der Waals surface area contributed by atoms with Crippen molar-refractivity contribution < 1.29 is 36.3 Å². The van der Waals surface area contributed by atoms with E-state index in [9.17, 15) is 31.5 Å². The van der Waals surface area contributed by atoms with E-state index >= 15 is 0 Å². The van der Waals surface area contributed by atoms with Crippen LogP contribution in [0.3, 0.4) is 0 Å². The van der Waals surface area contributed by atoms with Crippen LogP contribution >= 0.6 is 11.6 Å². The van der Waals surface area contributed by atoms with Crippen LogP contribution in [-0.2, 0) is 23.3 Å². The number of imidazole rings is 1. The van der Waals surface area contributed by atoms with Gasteiger partial charge in [0, 0.05) is 18.0 Å². The van der Waals surface area contributed by atoms with Crippen molar-refractivity contribution in [3.8, 4) is 16.9 Å². The lowest BCUT2D eigenvalue weighted by molar-refractivity contribution is -0.193. The van der Waals surface area contributed by atoms with E-state index in [1.54, 1.807) is 0 Å². The summed E-state index contributed by atoms with van der Waals surface area (Å²) in [6.45, 7) is -0.442. The van der Waals surface area contributed by atoms with Crippen LogP contribution in [0.25, 0.3) is 22.3 Å². The molecule has 44 heavy (non-hydrogen) atoms. The molecule has 2 aliphatic carbocycles. The summed E-state index contributed by atoms with van der Waals surface area (Å²) in [5, 5.41) is 0.206. The van der Waals surface area contributed by atoms with E-state index in [2.05, 4.69) is 19.9 Å². The average molecular weight is 634 g/mol. The van der Waals surface area contributed by atoms with Crippen molar-refractivity contribution in [1.29, 1.82) is 0 Å². The number of alkyl halides is 5. The second-order valence-electron chi connectivity index (χ2n) is 11.1. The molecule has 0 bridgehead atoms. The number of pyridine rings is 1. The van der Waals surface area contributed by atoms with Crippen molar-refractivity contribution in [3.63, 3.8) is 0 Å². The summed E-state index contributed by atoms with van der Waals surface area (Å²) >= 11 is 5.81. The summed E-state index contributed by atoms with van der Waals surface area (Å²) in [6.07, 6.45) is -3.69. The minimum absolute atomic E-state index is 0.0243. The highest BCUT2D eigenvalue weighted by atomic mass is 35.5. The predicted octanol–water partition coefficient (Wildman–Crippen LogP) is 5.16. The number of carbonyl (C=O) groups is 2. The number of carbonyl (C=O) groups excluding carboxylic acids is 2. The molecule has 4 aromatic rings. The third kappa shape index (κ3) is 4.52. The van der Waals surface area contributed by atoms with Gasteiger partial charge in [0.15, 0.2) is 11.4 Å². The fourth-order valence-electron chi connectivity index (χ4n) is 5.60. The third-order valence-corrected chi connectivity index (χ3v) is 8.34. The Labute approximate surface area is 250 Å². The number of hydrogen-bond donors (Lipinski definition) is 1. The van der Waals surface area contributed by atoms with Gasteiger partial charge in [0.2, 0.25) is 0 Å². The maximum absolute atomic E-state index is 14.9. The minimum Gasteiger partial charge on any atom is -0.423 e. The Balaban J connectivity index is 1.41. The molecule has 3 aliphatic rings. The van der Waals surface area contributed by atoms with Crippen LogP contribution < -0.4 is 15.4 Å². The molecule has 10 nitrogen and oxygen atoms in total. The van der Waals surface area contributed by atoms with Gasteiger partial charge in [0.1, 0.15) is 16.9 Å². The maximum Gasteiger partial charge on any atom is 0.482 e. The Hall–Kier alpha value is -4.40. The largest absolute Gasteiger partial charge is 0.482 e. The lowest BCUT2D eigenvalue weighted by atomic mass is 9.94. The number of halogens is 6. The molecule has 0 radical (unpaired) electrons. The Morgan fingerprint density at radius 2 is 1.84 bits per heavy atom. The molecule has 2 N–H and O–H groups in total. The molecule has 0 saturated heterocycles. The van der Waals surface area contributed by atoms with Crippen molar-refractivity contribution in [2.24, 2.45) is 11.7 Å². The van der Waals surface area contributed by atoms with Gasteiger partial charge in [0.25, 0.3) is 5.91 Å². The highest BCUT2D eigenvalue weighted by Crippen LogP contribution is 2.56. The van der Waals surface area contributed by atoms with Crippen molar-refractivity contribution >= 4 is 40.3 Å². The van der Waals surface area contributed by atoms with Crippen LogP contribution in [0.2, 0.25) is 5.02 Å². The summed E-state index contributed by atoms with van der Waals surface area (Å²) in [5.74, 6) is -2.81. The van der Waals surface area contributed by atoms with Gasteiger partial charge in [-0.25, -0.2) is 19.9 Å². The number of nitrogens with two attached hydrogens (primary N) is 1. The minimum atomic E-state index is -4.59. The number of rotatable bonds is 7. The lowest BCUT2D eigenvalue weighted by Crippen LogP contribution is -2.50. The second kappa shape index (κ2) is 9.55. The number of amides is 2.